The van der Waals surface area contributed by atoms with Crippen molar-refractivity contribution >= 4 is 5.91 Å². The second-order valence-electron chi connectivity index (χ2n) is 5.67. The monoisotopic (exact) mass is 239 g/mol. The summed E-state index contributed by atoms with van der Waals surface area (Å²) in [4.78, 5) is 15.8. The Morgan fingerprint density at radius 2 is 1.88 bits per heavy atom. The third-order valence-corrected chi connectivity index (χ3v) is 4.09. The van der Waals surface area contributed by atoms with Crippen LogP contribution in [-0.2, 0) is 4.79 Å². The first-order chi connectivity index (χ1) is 8.13. The van der Waals surface area contributed by atoms with E-state index >= 15 is 0 Å². The maximum atomic E-state index is 10.9. The van der Waals surface area contributed by atoms with E-state index in [2.05, 4.69) is 22.2 Å². The van der Waals surface area contributed by atoms with Crippen LogP contribution in [0.3, 0.4) is 0 Å². The number of carbonyl (C=O) groups excluding carboxylic acids is 1. The molecular formula is C13H25N3O. The van der Waals surface area contributed by atoms with Crippen molar-refractivity contribution in [3.05, 3.63) is 0 Å². The number of amides is 1. The number of hydrogen-bond acceptors (Lipinski definition) is 3. The van der Waals surface area contributed by atoms with E-state index < -0.39 is 0 Å². The van der Waals surface area contributed by atoms with Gasteiger partial charge in [0.2, 0.25) is 5.91 Å². The molecule has 0 spiro atoms. The van der Waals surface area contributed by atoms with Gasteiger partial charge in [0.25, 0.3) is 0 Å². The van der Waals surface area contributed by atoms with Gasteiger partial charge in [0, 0.05) is 39.1 Å². The molecule has 2 fully saturated rings. The Kier molecular flexibility index (Phi) is 4.40. The van der Waals surface area contributed by atoms with Gasteiger partial charge < -0.3 is 15.1 Å². The van der Waals surface area contributed by atoms with E-state index in [-0.39, 0.29) is 5.91 Å². The van der Waals surface area contributed by atoms with E-state index in [0.717, 1.165) is 5.92 Å². The molecule has 0 aromatic carbocycles. The highest BCUT2D eigenvalue weighted by Crippen LogP contribution is 2.30. The van der Waals surface area contributed by atoms with Gasteiger partial charge in [0.15, 0.2) is 0 Å². The first-order valence-electron chi connectivity index (χ1n) is 6.81. The molecule has 1 aliphatic heterocycles. The Morgan fingerprint density at radius 3 is 2.47 bits per heavy atom. The van der Waals surface area contributed by atoms with Gasteiger partial charge in [-0.2, -0.15) is 0 Å². The lowest BCUT2D eigenvalue weighted by Gasteiger charge is -2.38. The zero-order chi connectivity index (χ0) is 12.3. The Bertz CT molecular complexity index is 255. The zero-order valence-electron chi connectivity index (χ0n) is 11.1. The zero-order valence-corrected chi connectivity index (χ0v) is 11.1. The summed E-state index contributed by atoms with van der Waals surface area (Å²) in [7, 11) is 2.20. The second kappa shape index (κ2) is 5.83. The van der Waals surface area contributed by atoms with E-state index in [1.165, 1.54) is 52.0 Å². The minimum atomic E-state index is 0.118. The van der Waals surface area contributed by atoms with Crippen LogP contribution in [0, 0.1) is 5.92 Å². The molecule has 2 aliphatic rings. The van der Waals surface area contributed by atoms with Crippen LogP contribution < -0.4 is 5.32 Å². The van der Waals surface area contributed by atoms with Crippen molar-refractivity contribution in [3.8, 4) is 0 Å². The van der Waals surface area contributed by atoms with Gasteiger partial charge in [-0.05, 0) is 38.8 Å². The molecule has 1 heterocycles. The van der Waals surface area contributed by atoms with E-state index in [0.29, 0.717) is 6.04 Å². The molecule has 98 valence electrons. The number of likely N-dealkylation sites (N-methyl/N-ethyl adjacent to an activating group) is 1. The Hall–Kier alpha value is -0.610. The lowest BCUT2D eigenvalue weighted by atomic mass is 9.78. The van der Waals surface area contributed by atoms with Gasteiger partial charge in [0.05, 0.1) is 0 Å². The van der Waals surface area contributed by atoms with Gasteiger partial charge in [-0.15, -0.1) is 0 Å². The number of nitrogens with zero attached hydrogens (tertiary/aromatic N) is 2. The quantitative estimate of drug-likeness (QED) is 0.778. The number of rotatable bonds is 4. The molecule has 4 nitrogen and oxygen atoms in total. The molecule has 17 heavy (non-hydrogen) atoms. The molecule has 0 atom stereocenters. The molecule has 4 heteroatoms. The van der Waals surface area contributed by atoms with E-state index in [4.69, 9.17) is 0 Å². The summed E-state index contributed by atoms with van der Waals surface area (Å²) < 4.78 is 0. The standard InChI is InChI=1S/C13H25N3O/c1-11(17)14-13-9-12(10-13)3-4-16-7-5-15(2)6-8-16/h12-13H,3-10H2,1-2H3,(H,14,17). The molecule has 0 unspecified atom stereocenters. The third kappa shape index (κ3) is 3.96. The van der Waals surface area contributed by atoms with Crippen molar-refractivity contribution in [1.82, 2.24) is 15.1 Å². The van der Waals surface area contributed by atoms with Gasteiger partial charge >= 0.3 is 0 Å². The molecule has 1 aliphatic carbocycles. The highest BCUT2D eigenvalue weighted by molar-refractivity contribution is 5.73. The molecule has 0 aromatic rings. The van der Waals surface area contributed by atoms with Crippen LogP contribution in [-0.4, -0.2) is 61.5 Å². The maximum absolute atomic E-state index is 10.9. The fraction of sp³-hybridized carbons (Fsp3) is 0.923. The van der Waals surface area contributed by atoms with Crippen LogP contribution in [0.5, 0.6) is 0 Å². The third-order valence-electron chi connectivity index (χ3n) is 4.09. The van der Waals surface area contributed by atoms with Crippen LogP contribution in [0.25, 0.3) is 0 Å². The number of carbonyl (C=O) groups is 1. The molecule has 1 saturated heterocycles. The first kappa shape index (κ1) is 12.8. The minimum absolute atomic E-state index is 0.118. The molecule has 1 saturated carbocycles. The normalized spacial score (nSPS) is 30.9. The Balaban J connectivity index is 1.54. The van der Waals surface area contributed by atoms with Gasteiger partial charge in [0.1, 0.15) is 0 Å². The molecule has 1 N–H and O–H groups in total. The van der Waals surface area contributed by atoms with Gasteiger partial charge in [-0.25, -0.2) is 0 Å². The molecule has 0 bridgehead atoms. The first-order valence-corrected chi connectivity index (χ1v) is 6.81. The number of piperazine rings is 1. The lowest BCUT2D eigenvalue weighted by Crippen LogP contribution is -2.47. The van der Waals surface area contributed by atoms with Crippen LogP contribution in [0.1, 0.15) is 26.2 Å². The summed E-state index contributed by atoms with van der Waals surface area (Å²) in [6, 6.07) is 0.463. The van der Waals surface area contributed by atoms with E-state index in [9.17, 15) is 4.79 Å². The summed E-state index contributed by atoms with van der Waals surface area (Å²) in [6.07, 6.45) is 3.68. The lowest BCUT2D eigenvalue weighted by molar-refractivity contribution is -0.120. The highest BCUT2D eigenvalue weighted by Gasteiger charge is 2.29. The topological polar surface area (TPSA) is 35.6 Å². The smallest absolute Gasteiger partial charge is 0.217 e. The minimum Gasteiger partial charge on any atom is -0.354 e. The maximum Gasteiger partial charge on any atom is 0.217 e. The fourth-order valence-corrected chi connectivity index (χ4v) is 2.81. The highest BCUT2D eigenvalue weighted by atomic mass is 16.1. The number of nitrogens with one attached hydrogen (secondary N) is 1. The van der Waals surface area contributed by atoms with E-state index in [1.54, 1.807) is 6.92 Å². The van der Waals surface area contributed by atoms with Crippen molar-refractivity contribution in [1.29, 1.82) is 0 Å². The molecule has 0 radical (unpaired) electrons. The average Bonchev–Trinajstić information content (AvgIpc) is 2.23. The van der Waals surface area contributed by atoms with Gasteiger partial charge in [-0.3, -0.25) is 4.79 Å². The van der Waals surface area contributed by atoms with Gasteiger partial charge in [-0.1, -0.05) is 0 Å². The summed E-state index contributed by atoms with van der Waals surface area (Å²) >= 11 is 0. The van der Waals surface area contributed by atoms with Crippen molar-refractivity contribution < 1.29 is 4.79 Å². The summed E-state index contributed by atoms with van der Waals surface area (Å²) in [6.45, 7) is 7.71. The summed E-state index contributed by atoms with van der Waals surface area (Å²) in [5.41, 5.74) is 0. The molecule has 2 rings (SSSR count). The van der Waals surface area contributed by atoms with Crippen molar-refractivity contribution in [3.63, 3.8) is 0 Å². The van der Waals surface area contributed by atoms with Crippen molar-refractivity contribution in [2.45, 2.75) is 32.2 Å². The Labute approximate surface area is 104 Å². The van der Waals surface area contributed by atoms with Crippen LogP contribution in [0.4, 0.5) is 0 Å². The molecule has 1 amide bonds. The second-order valence-corrected chi connectivity index (χ2v) is 5.67. The SMILES string of the molecule is CC(=O)NC1CC(CCN2CCN(C)CC2)C1. The predicted octanol–water partition coefficient (Wildman–Crippen LogP) is 0.539. The predicted molar refractivity (Wildman–Crippen MR) is 68.9 cm³/mol. The summed E-state index contributed by atoms with van der Waals surface area (Å²) in [5, 5.41) is 2.99. The van der Waals surface area contributed by atoms with Crippen LogP contribution in [0.15, 0.2) is 0 Å². The van der Waals surface area contributed by atoms with Crippen LogP contribution >= 0.6 is 0 Å². The average molecular weight is 239 g/mol. The Morgan fingerprint density at radius 1 is 1.24 bits per heavy atom. The van der Waals surface area contributed by atoms with E-state index in [1.807, 2.05) is 0 Å². The largest absolute Gasteiger partial charge is 0.354 e. The molecule has 0 aromatic heterocycles. The number of hydrogen-bond donors (Lipinski definition) is 1. The van der Waals surface area contributed by atoms with Crippen molar-refractivity contribution in [2.24, 2.45) is 5.92 Å². The molecular weight excluding hydrogens is 214 g/mol. The van der Waals surface area contributed by atoms with Crippen molar-refractivity contribution in [2.75, 3.05) is 39.8 Å². The summed E-state index contributed by atoms with van der Waals surface area (Å²) in [5.74, 6) is 0.957. The fourth-order valence-electron chi connectivity index (χ4n) is 2.81. The van der Waals surface area contributed by atoms with Crippen LogP contribution in [0.2, 0.25) is 0 Å².